The maximum atomic E-state index is 2.66. The Hall–Kier alpha value is -1.02. The largest absolute Gasteiger partial charge is 0.369 e. The van der Waals surface area contributed by atoms with Crippen LogP contribution in [0.2, 0.25) is 0 Å². The first kappa shape index (κ1) is 18.8. The summed E-state index contributed by atoms with van der Waals surface area (Å²) in [4.78, 5) is 5.32. The summed E-state index contributed by atoms with van der Waals surface area (Å²) in [6.07, 6.45) is 9.54. The second-order valence-electron chi connectivity index (χ2n) is 9.03. The minimum atomic E-state index is 0.551. The monoisotopic (exact) mass is 342 g/mol. The molecule has 0 N–H and O–H groups in total. The molecule has 0 unspecified atom stereocenters. The fourth-order valence-corrected chi connectivity index (χ4v) is 4.63. The van der Waals surface area contributed by atoms with Gasteiger partial charge in [-0.1, -0.05) is 51.8 Å². The average Bonchev–Trinajstić information content (AvgIpc) is 2.63. The van der Waals surface area contributed by atoms with Gasteiger partial charge in [0.15, 0.2) is 0 Å². The Morgan fingerprint density at radius 1 is 0.960 bits per heavy atom. The second-order valence-corrected chi connectivity index (χ2v) is 9.03. The Bertz CT molecular complexity index is 519. The van der Waals surface area contributed by atoms with Gasteiger partial charge in [0.1, 0.15) is 0 Å². The van der Waals surface area contributed by atoms with Crippen molar-refractivity contribution in [2.45, 2.75) is 71.6 Å². The van der Waals surface area contributed by atoms with E-state index in [1.165, 1.54) is 83.4 Å². The van der Waals surface area contributed by atoms with Crippen molar-refractivity contribution in [3.8, 4) is 0 Å². The predicted molar refractivity (Wildman–Crippen MR) is 110 cm³/mol. The average molecular weight is 343 g/mol. The standard InChI is InChI=1S/C23H38N2/c1-4-5-8-15-24-16-18-25(19-17-24)22-10-7-6-9-21(22)20-11-13-23(2,3)14-12-20/h6-7,9-10,20H,4-5,8,11-19H2,1-3H3. The van der Waals surface area contributed by atoms with Gasteiger partial charge < -0.3 is 4.90 Å². The fraction of sp³-hybridized carbons (Fsp3) is 0.739. The van der Waals surface area contributed by atoms with Gasteiger partial charge >= 0.3 is 0 Å². The minimum Gasteiger partial charge on any atom is -0.369 e. The van der Waals surface area contributed by atoms with Gasteiger partial charge in [-0.25, -0.2) is 0 Å². The molecule has 2 nitrogen and oxygen atoms in total. The maximum Gasteiger partial charge on any atom is 0.0402 e. The summed E-state index contributed by atoms with van der Waals surface area (Å²) in [5, 5.41) is 0. The molecule has 25 heavy (non-hydrogen) atoms. The van der Waals surface area contributed by atoms with Crippen LogP contribution in [-0.4, -0.2) is 37.6 Å². The van der Waals surface area contributed by atoms with Gasteiger partial charge in [-0.15, -0.1) is 0 Å². The van der Waals surface area contributed by atoms with E-state index in [2.05, 4.69) is 54.8 Å². The van der Waals surface area contributed by atoms with E-state index in [0.717, 1.165) is 5.92 Å². The number of unbranched alkanes of at least 4 members (excludes halogenated alkanes) is 2. The third-order valence-electron chi connectivity index (χ3n) is 6.51. The van der Waals surface area contributed by atoms with Crippen molar-refractivity contribution < 1.29 is 0 Å². The highest BCUT2D eigenvalue weighted by Crippen LogP contribution is 2.44. The third-order valence-corrected chi connectivity index (χ3v) is 6.51. The SMILES string of the molecule is CCCCCN1CCN(c2ccccc2C2CCC(C)(C)CC2)CC1. The molecule has 1 aliphatic carbocycles. The van der Waals surface area contributed by atoms with E-state index in [1.807, 2.05) is 0 Å². The molecule has 0 aromatic heterocycles. The minimum absolute atomic E-state index is 0.551. The molecule has 2 fully saturated rings. The predicted octanol–water partition coefficient (Wildman–Crippen LogP) is 5.68. The molecule has 1 aromatic carbocycles. The molecule has 1 aliphatic heterocycles. The van der Waals surface area contributed by atoms with Gasteiger partial charge in [-0.3, -0.25) is 4.90 Å². The number of nitrogens with zero attached hydrogens (tertiary/aromatic N) is 2. The van der Waals surface area contributed by atoms with E-state index in [1.54, 1.807) is 5.56 Å². The first-order valence-corrected chi connectivity index (χ1v) is 10.7. The van der Waals surface area contributed by atoms with Crippen LogP contribution >= 0.6 is 0 Å². The van der Waals surface area contributed by atoms with Crippen molar-refractivity contribution in [2.24, 2.45) is 5.41 Å². The number of hydrogen-bond donors (Lipinski definition) is 0. The fourth-order valence-electron chi connectivity index (χ4n) is 4.63. The van der Waals surface area contributed by atoms with Gasteiger partial charge in [-0.2, -0.15) is 0 Å². The summed E-state index contributed by atoms with van der Waals surface area (Å²) < 4.78 is 0. The van der Waals surface area contributed by atoms with Crippen LogP contribution in [0.15, 0.2) is 24.3 Å². The van der Waals surface area contributed by atoms with Gasteiger partial charge in [0.05, 0.1) is 0 Å². The van der Waals surface area contributed by atoms with Crippen LogP contribution in [0, 0.1) is 5.41 Å². The van der Waals surface area contributed by atoms with E-state index >= 15 is 0 Å². The molecule has 1 saturated carbocycles. The molecular formula is C23H38N2. The van der Waals surface area contributed by atoms with Gasteiger partial charge in [0, 0.05) is 31.9 Å². The molecule has 1 saturated heterocycles. The second kappa shape index (κ2) is 8.58. The molecule has 0 amide bonds. The third kappa shape index (κ3) is 5.00. The maximum absolute atomic E-state index is 2.66. The van der Waals surface area contributed by atoms with Crippen molar-refractivity contribution in [3.05, 3.63) is 29.8 Å². The summed E-state index contributed by atoms with van der Waals surface area (Å²) in [5.74, 6) is 0.770. The summed E-state index contributed by atoms with van der Waals surface area (Å²) >= 11 is 0. The highest BCUT2D eigenvalue weighted by atomic mass is 15.3. The van der Waals surface area contributed by atoms with Crippen LogP contribution in [0.3, 0.4) is 0 Å². The Morgan fingerprint density at radius 3 is 2.32 bits per heavy atom. The van der Waals surface area contributed by atoms with Crippen LogP contribution in [-0.2, 0) is 0 Å². The molecule has 0 bridgehead atoms. The molecule has 0 radical (unpaired) electrons. The zero-order chi connectivity index (χ0) is 17.7. The summed E-state index contributed by atoms with van der Waals surface area (Å²) in [5.41, 5.74) is 3.70. The van der Waals surface area contributed by atoms with Crippen molar-refractivity contribution in [3.63, 3.8) is 0 Å². The zero-order valence-electron chi connectivity index (χ0n) is 16.8. The van der Waals surface area contributed by atoms with Crippen molar-refractivity contribution in [1.82, 2.24) is 4.90 Å². The summed E-state index contributed by atoms with van der Waals surface area (Å²) in [6, 6.07) is 9.27. The van der Waals surface area contributed by atoms with E-state index in [4.69, 9.17) is 0 Å². The van der Waals surface area contributed by atoms with Crippen molar-refractivity contribution >= 4 is 5.69 Å². The topological polar surface area (TPSA) is 6.48 Å². The van der Waals surface area contributed by atoms with Gasteiger partial charge in [0.2, 0.25) is 0 Å². The molecule has 140 valence electrons. The molecule has 0 spiro atoms. The number of benzene rings is 1. The van der Waals surface area contributed by atoms with E-state index < -0.39 is 0 Å². The van der Waals surface area contributed by atoms with E-state index in [0.29, 0.717) is 5.41 Å². The molecule has 1 aromatic rings. The Balaban J connectivity index is 1.60. The number of rotatable bonds is 6. The quantitative estimate of drug-likeness (QED) is 0.613. The lowest BCUT2D eigenvalue weighted by Crippen LogP contribution is -2.47. The van der Waals surface area contributed by atoms with E-state index in [-0.39, 0.29) is 0 Å². The van der Waals surface area contributed by atoms with Gasteiger partial charge in [0.25, 0.3) is 0 Å². The lowest BCUT2D eigenvalue weighted by molar-refractivity contribution is 0.224. The molecule has 2 aliphatic rings. The van der Waals surface area contributed by atoms with Crippen LogP contribution < -0.4 is 4.90 Å². The number of hydrogen-bond acceptors (Lipinski definition) is 2. The molecule has 3 rings (SSSR count). The highest BCUT2D eigenvalue weighted by molar-refractivity contribution is 5.55. The first-order valence-electron chi connectivity index (χ1n) is 10.7. The summed E-state index contributed by atoms with van der Waals surface area (Å²) in [6.45, 7) is 13.3. The molecule has 0 atom stereocenters. The lowest BCUT2D eigenvalue weighted by Gasteiger charge is -2.39. The molecule has 1 heterocycles. The number of piperazine rings is 1. The zero-order valence-corrected chi connectivity index (χ0v) is 16.8. The van der Waals surface area contributed by atoms with Crippen LogP contribution in [0.5, 0.6) is 0 Å². The Kier molecular flexibility index (Phi) is 6.44. The van der Waals surface area contributed by atoms with E-state index in [9.17, 15) is 0 Å². The van der Waals surface area contributed by atoms with Crippen LogP contribution in [0.4, 0.5) is 5.69 Å². The molecular weight excluding hydrogens is 304 g/mol. The van der Waals surface area contributed by atoms with Crippen molar-refractivity contribution in [2.75, 3.05) is 37.6 Å². The van der Waals surface area contributed by atoms with Crippen LogP contribution in [0.25, 0.3) is 0 Å². The Labute approximate surface area is 155 Å². The number of para-hydroxylation sites is 1. The smallest absolute Gasteiger partial charge is 0.0402 e. The normalized spacial score (nSPS) is 22.3. The first-order chi connectivity index (χ1) is 12.1. The van der Waals surface area contributed by atoms with Crippen molar-refractivity contribution in [1.29, 1.82) is 0 Å². The van der Waals surface area contributed by atoms with Gasteiger partial charge in [-0.05, 0) is 61.6 Å². The summed E-state index contributed by atoms with van der Waals surface area (Å²) in [7, 11) is 0. The van der Waals surface area contributed by atoms with Crippen LogP contribution in [0.1, 0.15) is 77.2 Å². The Morgan fingerprint density at radius 2 is 1.64 bits per heavy atom. The highest BCUT2D eigenvalue weighted by Gasteiger charge is 2.29. The molecule has 2 heteroatoms. The number of anilines is 1. The lowest BCUT2D eigenvalue weighted by atomic mass is 9.71.